The van der Waals surface area contributed by atoms with E-state index in [-0.39, 0.29) is 6.54 Å². The highest BCUT2D eigenvalue weighted by atomic mass is 19.2. The molecular weight excluding hydrogens is 399 g/mol. The number of ketones is 2. The maximum absolute atomic E-state index is 15.0. The SMILES string of the molecule is CCCCCCCCNc1c(F)c(F)c2c(c1F)C(=O)c1c(O)ccc(O)c1C2=O. The molecule has 30 heavy (non-hydrogen) atoms. The second-order valence-electron chi connectivity index (χ2n) is 7.27. The van der Waals surface area contributed by atoms with Gasteiger partial charge in [-0.2, -0.15) is 0 Å². The number of anilines is 1. The number of nitrogens with one attached hydrogen (secondary N) is 1. The Bertz CT molecular complexity index is 1020. The predicted octanol–water partition coefficient (Wildman–Crippen LogP) is 5.06. The molecule has 1 aliphatic rings. The van der Waals surface area contributed by atoms with Gasteiger partial charge in [0.2, 0.25) is 11.6 Å². The first kappa shape index (κ1) is 21.7. The summed E-state index contributed by atoms with van der Waals surface area (Å²) in [6.07, 6.45) is 5.62. The van der Waals surface area contributed by atoms with Gasteiger partial charge in [-0.05, 0) is 18.6 Å². The molecule has 8 heteroatoms. The van der Waals surface area contributed by atoms with Gasteiger partial charge in [0.05, 0.1) is 22.3 Å². The summed E-state index contributed by atoms with van der Waals surface area (Å²) in [7, 11) is 0. The van der Waals surface area contributed by atoms with E-state index in [2.05, 4.69) is 12.2 Å². The highest BCUT2D eigenvalue weighted by molar-refractivity contribution is 6.30. The van der Waals surface area contributed by atoms with Gasteiger partial charge >= 0.3 is 0 Å². The molecule has 0 fully saturated rings. The Morgan fingerprint density at radius 1 is 0.733 bits per heavy atom. The Hall–Kier alpha value is -3.03. The number of phenols is 2. The minimum Gasteiger partial charge on any atom is -0.507 e. The van der Waals surface area contributed by atoms with Gasteiger partial charge < -0.3 is 15.5 Å². The molecular formula is C22H22F3NO4. The number of hydrogen-bond donors (Lipinski definition) is 3. The minimum absolute atomic E-state index is 0.156. The van der Waals surface area contributed by atoms with Gasteiger partial charge in [0.25, 0.3) is 0 Å². The van der Waals surface area contributed by atoms with Gasteiger partial charge in [-0.25, -0.2) is 13.2 Å². The zero-order chi connectivity index (χ0) is 22.0. The maximum Gasteiger partial charge on any atom is 0.201 e. The van der Waals surface area contributed by atoms with Crippen LogP contribution >= 0.6 is 0 Å². The average Bonchev–Trinajstić information content (AvgIpc) is 2.72. The van der Waals surface area contributed by atoms with Crippen molar-refractivity contribution in [3.8, 4) is 11.5 Å². The van der Waals surface area contributed by atoms with E-state index >= 15 is 4.39 Å². The number of carbonyl (C=O) groups is 2. The number of benzene rings is 2. The van der Waals surface area contributed by atoms with Crippen LogP contribution in [0.2, 0.25) is 0 Å². The zero-order valence-electron chi connectivity index (χ0n) is 16.4. The van der Waals surface area contributed by atoms with Crippen molar-refractivity contribution in [3.63, 3.8) is 0 Å². The van der Waals surface area contributed by atoms with E-state index in [1.807, 2.05) is 0 Å². The quantitative estimate of drug-likeness (QED) is 0.269. The van der Waals surface area contributed by atoms with Crippen LogP contribution in [0.4, 0.5) is 18.9 Å². The van der Waals surface area contributed by atoms with E-state index in [4.69, 9.17) is 0 Å². The second-order valence-corrected chi connectivity index (χ2v) is 7.27. The minimum atomic E-state index is -1.68. The molecule has 0 spiro atoms. The summed E-state index contributed by atoms with van der Waals surface area (Å²) in [5, 5.41) is 22.3. The molecule has 0 bridgehead atoms. The van der Waals surface area contributed by atoms with Crippen LogP contribution in [0.5, 0.6) is 11.5 Å². The van der Waals surface area contributed by atoms with Crippen molar-refractivity contribution in [1.82, 2.24) is 0 Å². The Kier molecular flexibility index (Phi) is 6.34. The number of phenolic OH excluding ortho intramolecular Hbond substituents is 2. The molecule has 0 aliphatic heterocycles. The molecule has 0 saturated carbocycles. The average molecular weight is 421 g/mol. The van der Waals surface area contributed by atoms with Gasteiger partial charge in [-0.3, -0.25) is 9.59 Å². The number of aromatic hydroxyl groups is 2. The third-order valence-electron chi connectivity index (χ3n) is 5.22. The molecule has 0 aromatic heterocycles. The lowest BCUT2D eigenvalue weighted by molar-refractivity contribution is 0.0966. The van der Waals surface area contributed by atoms with Crippen molar-refractivity contribution < 1.29 is 33.0 Å². The Morgan fingerprint density at radius 2 is 1.23 bits per heavy atom. The van der Waals surface area contributed by atoms with Crippen LogP contribution in [0.1, 0.15) is 77.3 Å². The molecule has 2 aromatic carbocycles. The van der Waals surface area contributed by atoms with Crippen molar-refractivity contribution in [2.45, 2.75) is 45.4 Å². The van der Waals surface area contributed by atoms with Crippen LogP contribution in [-0.4, -0.2) is 28.3 Å². The van der Waals surface area contributed by atoms with E-state index in [9.17, 15) is 28.6 Å². The molecule has 5 nitrogen and oxygen atoms in total. The molecule has 0 amide bonds. The highest BCUT2D eigenvalue weighted by Gasteiger charge is 2.41. The monoisotopic (exact) mass is 421 g/mol. The fraction of sp³-hybridized carbons (Fsp3) is 0.364. The van der Waals surface area contributed by atoms with E-state index in [0.29, 0.717) is 6.42 Å². The number of rotatable bonds is 8. The van der Waals surface area contributed by atoms with Gasteiger partial charge in [-0.1, -0.05) is 39.0 Å². The molecule has 1 aliphatic carbocycles. The van der Waals surface area contributed by atoms with E-state index in [0.717, 1.165) is 44.2 Å². The van der Waals surface area contributed by atoms with Crippen molar-refractivity contribution in [3.05, 3.63) is 51.8 Å². The first-order chi connectivity index (χ1) is 14.3. The number of halogens is 3. The Balaban J connectivity index is 1.94. The molecule has 2 aromatic rings. The second kappa shape index (κ2) is 8.77. The Labute approximate surface area is 171 Å². The molecule has 0 atom stereocenters. The fourth-order valence-electron chi connectivity index (χ4n) is 3.65. The van der Waals surface area contributed by atoms with Gasteiger partial charge in [0.1, 0.15) is 17.2 Å². The summed E-state index contributed by atoms with van der Waals surface area (Å²) in [5.41, 5.74) is -4.20. The molecule has 0 radical (unpaired) electrons. The number of carbonyl (C=O) groups excluding carboxylic acids is 2. The molecule has 3 rings (SSSR count). The molecule has 0 saturated heterocycles. The lowest BCUT2D eigenvalue weighted by Crippen LogP contribution is -2.26. The lowest BCUT2D eigenvalue weighted by atomic mass is 9.82. The maximum atomic E-state index is 15.0. The fourth-order valence-corrected chi connectivity index (χ4v) is 3.65. The Morgan fingerprint density at radius 3 is 1.80 bits per heavy atom. The third-order valence-corrected chi connectivity index (χ3v) is 5.22. The predicted molar refractivity (Wildman–Crippen MR) is 105 cm³/mol. The first-order valence-corrected chi connectivity index (χ1v) is 9.89. The van der Waals surface area contributed by atoms with E-state index < -0.39 is 68.5 Å². The van der Waals surface area contributed by atoms with Crippen LogP contribution in [-0.2, 0) is 0 Å². The normalized spacial score (nSPS) is 12.7. The molecule has 0 heterocycles. The van der Waals surface area contributed by atoms with Crippen LogP contribution in [0.15, 0.2) is 12.1 Å². The summed E-state index contributed by atoms with van der Waals surface area (Å²) in [6.45, 7) is 2.24. The third kappa shape index (κ3) is 3.62. The van der Waals surface area contributed by atoms with E-state index in [1.165, 1.54) is 0 Å². The summed E-state index contributed by atoms with van der Waals surface area (Å²) >= 11 is 0. The van der Waals surface area contributed by atoms with E-state index in [1.54, 1.807) is 0 Å². The number of fused-ring (bicyclic) bond motifs is 2. The van der Waals surface area contributed by atoms with Crippen molar-refractivity contribution in [2.24, 2.45) is 0 Å². The van der Waals surface area contributed by atoms with Crippen LogP contribution in [0.25, 0.3) is 0 Å². The lowest BCUT2D eigenvalue weighted by Gasteiger charge is -2.22. The summed E-state index contributed by atoms with van der Waals surface area (Å²) < 4.78 is 44.3. The number of hydrogen-bond acceptors (Lipinski definition) is 5. The number of unbranched alkanes of at least 4 members (excludes halogenated alkanes) is 5. The van der Waals surface area contributed by atoms with Crippen molar-refractivity contribution in [2.75, 3.05) is 11.9 Å². The smallest absolute Gasteiger partial charge is 0.201 e. The molecule has 0 unspecified atom stereocenters. The zero-order valence-corrected chi connectivity index (χ0v) is 16.4. The van der Waals surface area contributed by atoms with Crippen LogP contribution < -0.4 is 5.32 Å². The first-order valence-electron chi connectivity index (χ1n) is 9.89. The van der Waals surface area contributed by atoms with Crippen molar-refractivity contribution in [1.29, 1.82) is 0 Å². The van der Waals surface area contributed by atoms with Gasteiger partial charge in [0, 0.05) is 6.54 Å². The van der Waals surface area contributed by atoms with Gasteiger partial charge in [-0.15, -0.1) is 0 Å². The summed E-state index contributed by atoms with van der Waals surface area (Å²) in [4.78, 5) is 25.4. The standard InChI is InChI=1S/C22H22F3NO4/c1-2-3-4-5-6-7-10-26-20-18(24)16-15(17(23)19(20)25)21(29)13-11(27)8-9-12(28)14(13)22(16)30/h8-9,26-28H,2-7,10H2,1H3. The van der Waals surface area contributed by atoms with Crippen molar-refractivity contribution >= 4 is 17.3 Å². The molecule has 160 valence electrons. The van der Waals surface area contributed by atoms with Gasteiger partial charge in [0.15, 0.2) is 17.5 Å². The topological polar surface area (TPSA) is 86.6 Å². The molecule has 3 N–H and O–H groups in total. The van der Waals surface area contributed by atoms with Crippen LogP contribution in [0.3, 0.4) is 0 Å². The highest BCUT2D eigenvalue weighted by Crippen LogP contribution is 2.41. The largest absolute Gasteiger partial charge is 0.507 e. The summed E-state index contributed by atoms with van der Waals surface area (Å²) in [5.74, 6) is -8.53. The van der Waals surface area contributed by atoms with Crippen LogP contribution in [0, 0.1) is 17.5 Å². The summed E-state index contributed by atoms with van der Waals surface area (Å²) in [6, 6.07) is 1.89.